The van der Waals surface area contributed by atoms with Crippen LogP contribution < -0.4 is 10.1 Å². The van der Waals surface area contributed by atoms with Crippen molar-refractivity contribution in [1.29, 1.82) is 0 Å². The van der Waals surface area contributed by atoms with Crippen LogP contribution in [-0.2, 0) is 4.74 Å². The van der Waals surface area contributed by atoms with Gasteiger partial charge in [0.2, 0.25) is 0 Å². The first-order chi connectivity index (χ1) is 13.0. The second-order valence-electron chi connectivity index (χ2n) is 6.06. The summed E-state index contributed by atoms with van der Waals surface area (Å²) < 4.78 is 12.2. The lowest BCUT2D eigenvalue weighted by Gasteiger charge is -2.26. The van der Waals surface area contributed by atoms with Gasteiger partial charge in [0.1, 0.15) is 18.5 Å². The van der Waals surface area contributed by atoms with Gasteiger partial charge in [0, 0.05) is 22.3 Å². The fraction of sp³-hybridized carbons (Fsp3) is 0.350. The fourth-order valence-corrected chi connectivity index (χ4v) is 2.90. The molecule has 27 heavy (non-hydrogen) atoms. The van der Waals surface area contributed by atoms with Gasteiger partial charge in [0.05, 0.1) is 6.61 Å². The van der Waals surface area contributed by atoms with Crippen LogP contribution in [0, 0.1) is 5.92 Å². The molecule has 2 aromatic rings. The van der Waals surface area contributed by atoms with Crippen molar-refractivity contribution in [1.82, 2.24) is 0 Å². The number of benzene rings is 2. The SMILES string of the molecule is C[C@@H](CCO)[C@H](OC(=O)Nc1ccc(Br)cc1)c1ccccc1OCCO. The maximum absolute atomic E-state index is 12.4. The minimum Gasteiger partial charge on any atom is -0.491 e. The van der Waals surface area contributed by atoms with Gasteiger partial charge in [-0.05, 0) is 42.7 Å². The second-order valence-corrected chi connectivity index (χ2v) is 6.97. The lowest BCUT2D eigenvalue weighted by molar-refractivity contribution is 0.0641. The molecule has 0 aliphatic rings. The average molecular weight is 438 g/mol. The van der Waals surface area contributed by atoms with Crippen molar-refractivity contribution in [2.24, 2.45) is 5.92 Å². The molecule has 7 heteroatoms. The zero-order valence-corrected chi connectivity index (χ0v) is 16.7. The topological polar surface area (TPSA) is 88.0 Å². The number of amides is 1. The Hall–Kier alpha value is -2.09. The Kier molecular flexibility index (Phi) is 8.57. The molecule has 0 radical (unpaired) electrons. The van der Waals surface area contributed by atoms with Gasteiger partial charge in [0.15, 0.2) is 0 Å². The van der Waals surface area contributed by atoms with Gasteiger partial charge in [-0.15, -0.1) is 0 Å². The van der Waals surface area contributed by atoms with Crippen molar-refractivity contribution in [2.75, 3.05) is 25.1 Å². The molecule has 146 valence electrons. The van der Waals surface area contributed by atoms with Gasteiger partial charge >= 0.3 is 6.09 Å². The fourth-order valence-electron chi connectivity index (χ4n) is 2.64. The predicted molar refractivity (Wildman–Crippen MR) is 107 cm³/mol. The largest absolute Gasteiger partial charge is 0.491 e. The van der Waals surface area contributed by atoms with E-state index in [0.717, 1.165) is 4.47 Å². The lowest BCUT2D eigenvalue weighted by Crippen LogP contribution is -2.23. The highest BCUT2D eigenvalue weighted by Crippen LogP contribution is 2.35. The molecule has 0 aliphatic heterocycles. The van der Waals surface area contributed by atoms with Crippen molar-refractivity contribution in [2.45, 2.75) is 19.4 Å². The molecule has 6 nitrogen and oxygen atoms in total. The molecule has 1 amide bonds. The molecule has 2 aromatic carbocycles. The van der Waals surface area contributed by atoms with Gasteiger partial charge in [-0.3, -0.25) is 5.32 Å². The molecule has 2 atom stereocenters. The van der Waals surface area contributed by atoms with E-state index in [1.807, 2.05) is 37.3 Å². The van der Waals surface area contributed by atoms with Crippen LogP contribution in [0.15, 0.2) is 53.0 Å². The van der Waals surface area contributed by atoms with Crippen molar-refractivity contribution < 1.29 is 24.5 Å². The van der Waals surface area contributed by atoms with Gasteiger partial charge in [-0.1, -0.05) is 41.1 Å². The Morgan fingerprint density at radius 2 is 1.81 bits per heavy atom. The summed E-state index contributed by atoms with van der Waals surface area (Å²) in [4.78, 5) is 12.4. The number of rotatable bonds is 9. The Morgan fingerprint density at radius 3 is 2.48 bits per heavy atom. The highest BCUT2D eigenvalue weighted by Gasteiger charge is 2.26. The van der Waals surface area contributed by atoms with Crippen molar-refractivity contribution in [3.63, 3.8) is 0 Å². The number of hydrogen-bond donors (Lipinski definition) is 3. The van der Waals surface area contributed by atoms with Crippen LogP contribution >= 0.6 is 15.9 Å². The van der Waals surface area contributed by atoms with Crippen LogP contribution in [0.5, 0.6) is 5.75 Å². The van der Waals surface area contributed by atoms with E-state index in [2.05, 4.69) is 21.2 Å². The minimum absolute atomic E-state index is 0.0188. The highest BCUT2D eigenvalue weighted by molar-refractivity contribution is 9.10. The Bertz CT molecular complexity index is 723. The Morgan fingerprint density at radius 1 is 1.11 bits per heavy atom. The molecule has 0 bridgehead atoms. The Balaban J connectivity index is 2.19. The van der Waals surface area contributed by atoms with Gasteiger partial charge in [0.25, 0.3) is 0 Å². The van der Waals surface area contributed by atoms with Crippen molar-refractivity contribution in [3.8, 4) is 5.75 Å². The molecule has 0 unspecified atom stereocenters. The van der Waals surface area contributed by atoms with E-state index >= 15 is 0 Å². The molecule has 0 saturated carbocycles. The minimum atomic E-state index is -0.609. The quantitative estimate of drug-likeness (QED) is 0.548. The number of aliphatic hydroxyl groups is 2. The van der Waals surface area contributed by atoms with Crippen LogP contribution in [0.25, 0.3) is 0 Å². The van der Waals surface area contributed by atoms with E-state index in [-0.39, 0.29) is 25.7 Å². The third-order valence-electron chi connectivity index (χ3n) is 4.00. The monoisotopic (exact) mass is 437 g/mol. The van der Waals surface area contributed by atoms with Gasteiger partial charge < -0.3 is 19.7 Å². The first-order valence-corrected chi connectivity index (χ1v) is 9.51. The van der Waals surface area contributed by atoms with Gasteiger partial charge in [-0.25, -0.2) is 4.79 Å². The van der Waals surface area contributed by atoms with E-state index < -0.39 is 12.2 Å². The van der Waals surface area contributed by atoms with Crippen LogP contribution in [0.1, 0.15) is 25.0 Å². The molecular weight excluding hydrogens is 414 g/mol. The van der Waals surface area contributed by atoms with E-state index in [9.17, 15) is 9.90 Å². The second kappa shape index (κ2) is 10.9. The smallest absolute Gasteiger partial charge is 0.412 e. The number of halogens is 1. The standard InChI is InChI=1S/C20H24BrNO5/c1-14(10-11-23)19(17-4-2-3-5-18(17)26-13-12-24)27-20(25)22-16-8-6-15(21)7-9-16/h2-9,14,19,23-24H,10-13H2,1H3,(H,22,25)/t14-,19-/m0/s1. The maximum atomic E-state index is 12.4. The van der Waals surface area contributed by atoms with Crippen LogP contribution in [-0.4, -0.2) is 36.1 Å². The molecule has 2 rings (SSSR count). The molecule has 0 spiro atoms. The summed E-state index contributed by atoms with van der Waals surface area (Å²) >= 11 is 3.35. The zero-order valence-electron chi connectivity index (χ0n) is 15.1. The molecule has 0 aliphatic carbocycles. The number of anilines is 1. The summed E-state index contributed by atoms with van der Waals surface area (Å²) in [6.07, 6.45) is -0.739. The number of ether oxygens (including phenoxy) is 2. The number of para-hydroxylation sites is 1. The molecule has 0 aromatic heterocycles. The molecule has 0 heterocycles. The summed E-state index contributed by atoms with van der Waals surface area (Å²) in [6.45, 7) is 1.91. The first kappa shape index (κ1) is 21.2. The van der Waals surface area contributed by atoms with Gasteiger partial charge in [-0.2, -0.15) is 0 Å². The summed E-state index contributed by atoms with van der Waals surface area (Å²) in [5.41, 5.74) is 1.31. The maximum Gasteiger partial charge on any atom is 0.412 e. The van der Waals surface area contributed by atoms with E-state index in [1.54, 1.807) is 18.2 Å². The number of carbonyl (C=O) groups excluding carboxylic acids is 1. The van der Waals surface area contributed by atoms with Crippen LogP contribution in [0.3, 0.4) is 0 Å². The van der Waals surface area contributed by atoms with Crippen molar-refractivity contribution >= 4 is 27.7 Å². The highest BCUT2D eigenvalue weighted by atomic mass is 79.9. The molecule has 0 fully saturated rings. The number of nitrogens with one attached hydrogen (secondary N) is 1. The van der Waals surface area contributed by atoms with E-state index in [1.165, 1.54) is 0 Å². The van der Waals surface area contributed by atoms with Crippen molar-refractivity contribution in [3.05, 3.63) is 58.6 Å². The molecule has 0 saturated heterocycles. The van der Waals surface area contributed by atoms with Crippen LogP contribution in [0.2, 0.25) is 0 Å². The van der Waals surface area contributed by atoms with E-state index in [4.69, 9.17) is 14.6 Å². The third kappa shape index (κ3) is 6.53. The number of carbonyl (C=O) groups is 1. The summed E-state index contributed by atoms with van der Waals surface area (Å²) in [6, 6.07) is 14.4. The van der Waals surface area contributed by atoms with Crippen LogP contribution in [0.4, 0.5) is 10.5 Å². The average Bonchev–Trinajstić information content (AvgIpc) is 2.67. The molecule has 3 N–H and O–H groups in total. The Labute approximate surface area is 167 Å². The summed E-state index contributed by atoms with van der Waals surface area (Å²) in [5.74, 6) is 0.405. The zero-order chi connectivity index (χ0) is 19.6. The molecular formula is C20H24BrNO5. The normalized spacial score (nSPS) is 12.9. The number of hydrogen-bond acceptors (Lipinski definition) is 5. The summed E-state index contributed by atoms with van der Waals surface area (Å²) in [5, 5.41) is 21.0. The summed E-state index contributed by atoms with van der Waals surface area (Å²) in [7, 11) is 0. The third-order valence-corrected chi connectivity index (χ3v) is 4.53. The predicted octanol–water partition coefficient (Wildman–Crippen LogP) is 4.13. The lowest BCUT2D eigenvalue weighted by atomic mass is 9.94. The van der Waals surface area contributed by atoms with E-state index in [0.29, 0.717) is 23.4 Å². The number of aliphatic hydroxyl groups excluding tert-OH is 2. The first-order valence-electron chi connectivity index (χ1n) is 8.71.